The topological polar surface area (TPSA) is 50.4 Å². The molecule has 1 aliphatic heterocycles. The van der Waals surface area contributed by atoms with Crippen LogP contribution in [0.3, 0.4) is 0 Å². The van der Waals surface area contributed by atoms with E-state index in [1.807, 2.05) is 13.0 Å². The predicted octanol–water partition coefficient (Wildman–Crippen LogP) is 1.77. The average Bonchev–Trinajstić information content (AvgIpc) is 2.46. The van der Waals surface area contributed by atoms with Crippen molar-refractivity contribution >= 4 is 5.91 Å². The maximum atomic E-state index is 13.1. The van der Waals surface area contributed by atoms with Crippen LogP contribution in [-0.2, 0) is 9.53 Å². The van der Waals surface area contributed by atoms with E-state index in [-0.39, 0.29) is 30.4 Å². The number of nitrogens with one attached hydrogen (secondary N) is 2. The molecule has 0 spiro atoms. The van der Waals surface area contributed by atoms with Crippen molar-refractivity contribution in [3.05, 3.63) is 35.6 Å². The molecule has 0 unspecified atom stereocenters. The first-order valence-electron chi connectivity index (χ1n) is 7.01. The summed E-state index contributed by atoms with van der Waals surface area (Å²) in [5, 5.41) is 6.09. The number of amides is 1. The van der Waals surface area contributed by atoms with Gasteiger partial charge >= 0.3 is 0 Å². The van der Waals surface area contributed by atoms with E-state index in [1.165, 1.54) is 12.1 Å². The van der Waals surface area contributed by atoms with Crippen molar-refractivity contribution < 1.29 is 13.9 Å². The molecule has 1 aliphatic rings. The summed E-state index contributed by atoms with van der Waals surface area (Å²) in [5.74, 6) is -0.289. The Balaban J connectivity index is 1.75. The Kier molecular flexibility index (Phi) is 5.49. The summed E-state index contributed by atoms with van der Waals surface area (Å²) in [6.45, 7) is 3.56. The molecule has 0 aromatic heterocycles. The Hall–Kier alpha value is -1.46. The minimum atomic E-state index is -0.261. The van der Waals surface area contributed by atoms with E-state index < -0.39 is 0 Å². The molecule has 2 rings (SSSR count). The number of carbonyl (C=O) groups is 1. The maximum absolute atomic E-state index is 13.1. The lowest BCUT2D eigenvalue weighted by atomic mass is 10.1. The van der Waals surface area contributed by atoms with Gasteiger partial charge in [0, 0.05) is 25.3 Å². The van der Waals surface area contributed by atoms with Crippen molar-refractivity contribution in [3.63, 3.8) is 0 Å². The SMILES string of the molecule is C[C@@H](NCC(=O)NC1CCOCC1)c1cccc(F)c1. The highest BCUT2D eigenvalue weighted by molar-refractivity contribution is 5.78. The molecule has 1 aromatic carbocycles. The van der Waals surface area contributed by atoms with Crippen LogP contribution in [0.4, 0.5) is 4.39 Å². The second kappa shape index (κ2) is 7.36. The van der Waals surface area contributed by atoms with Gasteiger partial charge in [-0.3, -0.25) is 4.79 Å². The molecule has 5 heteroatoms. The molecule has 4 nitrogen and oxygen atoms in total. The molecule has 1 fully saturated rings. The summed E-state index contributed by atoms with van der Waals surface area (Å²) in [4.78, 5) is 11.8. The zero-order chi connectivity index (χ0) is 14.4. The van der Waals surface area contributed by atoms with E-state index in [0.717, 1.165) is 18.4 Å². The summed E-state index contributed by atoms with van der Waals surface area (Å²) < 4.78 is 18.4. The molecule has 1 amide bonds. The first kappa shape index (κ1) is 14.9. The summed E-state index contributed by atoms with van der Waals surface area (Å²) in [7, 11) is 0. The second-order valence-corrected chi connectivity index (χ2v) is 5.11. The Bertz CT molecular complexity index is 447. The number of benzene rings is 1. The molecule has 110 valence electrons. The van der Waals surface area contributed by atoms with Crippen LogP contribution in [-0.4, -0.2) is 31.7 Å². The van der Waals surface area contributed by atoms with Crippen LogP contribution in [0, 0.1) is 5.82 Å². The van der Waals surface area contributed by atoms with Crippen LogP contribution in [0.1, 0.15) is 31.4 Å². The number of hydrogen-bond acceptors (Lipinski definition) is 3. The zero-order valence-electron chi connectivity index (χ0n) is 11.7. The summed E-state index contributed by atoms with van der Waals surface area (Å²) in [6, 6.07) is 6.55. The van der Waals surface area contributed by atoms with Gasteiger partial charge in [0.2, 0.25) is 5.91 Å². The monoisotopic (exact) mass is 280 g/mol. The Morgan fingerprint density at radius 3 is 2.90 bits per heavy atom. The normalized spacial score (nSPS) is 17.7. The van der Waals surface area contributed by atoms with Crippen LogP contribution in [0.25, 0.3) is 0 Å². The molecule has 2 N–H and O–H groups in total. The van der Waals surface area contributed by atoms with Gasteiger partial charge in [0.15, 0.2) is 0 Å². The minimum Gasteiger partial charge on any atom is -0.381 e. The van der Waals surface area contributed by atoms with E-state index in [2.05, 4.69) is 10.6 Å². The van der Waals surface area contributed by atoms with Crippen molar-refractivity contribution in [1.29, 1.82) is 0 Å². The Morgan fingerprint density at radius 2 is 2.20 bits per heavy atom. The third-order valence-corrected chi connectivity index (χ3v) is 3.50. The highest BCUT2D eigenvalue weighted by Gasteiger charge is 2.16. The zero-order valence-corrected chi connectivity index (χ0v) is 11.7. The third-order valence-electron chi connectivity index (χ3n) is 3.50. The van der Waals surface area contributed by atoms with Gasteiger partial charge in [0.05, 0.1) is 6.54 Å². The number of rotatable bonds is 5. The smallest absolute Gasteiger partial charge is 0.234 e. The van der Waals surface area contributed by atoms with Gasteiger partial charge in [-0.1, -0.05) is 12.1 Å². The number of ether oxygens (including phenoxy) is 1. The lowest BCUT2D eigenvalue weighted by Gasteiger charge is -2.23. The highest BCUT2D eigenvalue weighted by atomic mass is 19.1. The van der Waals surface area contributed by atoms with Gasteiger partial charge in [0.1, 0.15) is 5.82 Å². The van der Waals surface area contributed by atoms with E-state index in [4.69, 9.17) is 4.74 Å². The van der Waals surface area contributed by atoms with E-state index in [1.54, 1.807) is 6.07 Å². The van der Waals surface area contributed by atoms with E-state index in [0.29, 0.717) is 13.2 Å². The van der Waals surface area contributed by atoms with Crippen LogP contribution in [0.15, 0.2) is 24.3 Å². The van der Waals surface area contributed by atoms with Crippen LogP contribution < -0.4 is 10.6 Å². The Labute approximate surface area is 118 Å². The molecule has 1 heterocycles. The van der Waals surface area contributed by atoms with Gasteiger partial charge in [0.25, 0.3) is 0 Å². The van der Waals surface area contributed by atoms with E-state index in [9.17, 15) is 9.18 Å². The Morgan fingerprint density at radius 1 is 1.45 bits per heavy atom. The molecule has 0 radical (unpaired) electrons. The fourth-order valence-corrected chi connectivity index (χ4v) is 2.26. The molecule has 0 aliphatic carbocycles. The lowest BCUT2D eigenvalue weighted by molar-refractivity contribution is -0.121. The van der Waals surface area contributed by atoms with Gasteiger partial charge in [-0.25, -0.2) is 4.39 Å². The first-order valence-corrected chi connectivity index (χ1v) is 7.01. The minimum absolute atomic E-state index is 0.0276. The van der Waals surface area contributed by atoms with Crippen molar-refractivity contribution in [2.45, 2.75) is 31.8 Å². The van der Waals surface area contributed by atoms with E-state index >= 15 is 0 Å². The molecule has 1 aromatic rings. The number of halogens is 1. The van der Waals surface area contributed by atoms with Gasteiger partial charge in [-0.05, 0) is 37.5 Å². The van der Waals surface area contributed by atoms with Crippen LogP contribution in [0.5, 0.6) is 0 Å². The second-order valence-electron chi connectivity index (χ2n) is 5.11. The fraction of sp³-hybridized carbons (Fsp3) is 0.533. The van der Waals surface area contributed by atoms with Gasteiger partial charge in [-0.2, -0.15) is 0 Å². The van der Waals surface area contributed by atoms with Crippen molar-refractivity contribution in [2.24, 2.45) is 0 Å². The van der Waals surface area contributed by atoms with Gasteiger partial charge < -0.3 is 15.4 Å². The highest BCUT2D eigenvalue weighted by Crippen LogP contribution is 2.13. The predicted molar refractivity (Wildman–Crippen MR) is 74.8 cm³/mol. The summed E-state index contributed by atoms with van der Waals surface area (Å²) >= 11 is 0. The van der Waals surface area contributed by atoms with Crippen molar-refractivity contribution in [1.82, 2.24) is 10.6 Å². The molecular weight excluding hydrogens is 259 g/mol. The lowest BCUT2D eigenvalue weighted by Crippen LogP contribution is -2.43. The summed E-state index contributed by atoms with van der Waals surface area (Å²) in [5.41, 5.74) is 0.837. The average molecular weight is 280 g/mol. The number of carbonyl (C=O) groups excluding carboxylic acids is 1. The molecule has 1 atom stereocenters. The quantitative estimate of drug-likeness (QED) is 0.864. The number of hydrogen-bond donors (Lipinski definition) is 2. The van der Waals surface area contributed by atoms with Crippen LogP contribution >= 0.6 is 0 Å². The molecular formula is C15H21FN2O2. The fourth-order valence-electron chi connectivity index (χ4n) is 2.26. The molecule has 1 saturated heterocycles. The molecule has 20 heavy (non-hydrogen) atoms. The van der Waals surface area contributed by atoms with Gasteiger partial charge in [-0.15, -0.1) is 0 Å². The molecule has 0 bridgehead atoms. The van der Waals surface area contributed by atoms with Crippen molar-refractivity contribution in [2.75, 3.05) is 19.8 Å². The first-order chi connectivity index (χ1) is 9.65. The van der Waals surface area contributed by atoms with Crippen molar-refractivity contribution in [3.8, 4) is 0 Å². The van der Waals surface area contributed by atoms with Crippen LogP contribution in [0.2, 0.25) is 0 Å². The maximum Gasteiger partial charge on any atom is 0.234 e. The largest absolute Gasteiger partial charge is 0.381 e. The molecule has 0 saturated carbocycles. The summed E-state index contributed by atoms with van der Waals surface area (Å²) in [6.07, 6.45) is 1.73. The standard InChI is InChI=1S/C15H21FN2O2/c1-11(12-3-2-4-13(16)9-12)17-10-15(19)18-14-5-7-20-8-6-14/h2-4,9,11,14,17H,5-8,10H2,1H3,(H,18,19)/t11-/m1/s1. The third kappa shape index (κ3) is 4.58.